The number of aromatic nitrogens is 1. The van der Waals surface area contributed by atoms with E-state index in [1.807, 2.05) is 0 Å². The number of halogens is 3. The Morgan fingerprint density at radius 1 is 1.50 bits per heavy atom. The first-order valence-corrected chi connectivity index (χ1v) is 3.73. The van der Waals surface area contributed by atoms with Crippen molar-refractivity contribution in [1.82, 2.24) is 4.98 Å². The fourth-order valence-corrected chi connectivity index (χ4v) is 0.874. The number of rotatable bonds is 2. The number of pyridine rings is 1. The molecule has 0 aliphatic rings. The molecule has 0 atom stereocenters. The quantitative estimate of drug-likeness (QED) is 0.836. The number of alkyl halides is 3. The van der Waals surface area contributed by atoms with Crippen molar-refractivity contribution < 1.29 is 27.8 Å². The summed E-state index contributed by atoms with van der Waals surface area (Å²) in [5, 5.41) is 17.0. The maximum Gasteiger partial charge on any atom is 0.574 e. The average Bonchev–Trinajstić information content (AvgIpc) is 2.14. The van der Waals surface area contributed by atoms with Crippen LogP contribution in [-0.4, -0.2) is 22.4 Å². The normalized spacial score (nSPS) is 10.6. The molecule has 0 radical (unpaired) electrons. The highest BCUT2D eigenvalue weighted by molar-refractivity contribution is 5.89. The lowest BCUT2D eigenvalue weighted by molar-refractivity contribution is -0.276. The van der Waals surface area contributed by atoms with E-state index >= 15 is 0 Å². The van der Waals surface area contributed by atoms with Crippen LogP contribution in [0.2, 0.25) is 0 Å². The fourth-order valence-electron chi connectivity index (χ4n) is 0.874. The van der Waals surface area contributed by atoms with Gasteiger partial charge in [0.15, 0.2) is 5.69 Å². The number of nitriles is 1. The molecule has 1 N–H and O–H groups in total. The second kappa shape index (κ2) is 4.06. The van der Waals surface area contributed by atoms with Gasteiger partial charge in [0.2, 0.25) is 5.88 Å². The monoisotopic (exact) mass is 232 g/mol. The summed E-state index contributed by atoms with van der Waals surface area (Å²) in [5.41, 5.74) is -1.13. The number of carbonyl (C=O) groups is 1. The molecule has 0 saturated heterocycles. The molecule has 1 rings (SSSR count). The number of ether oxygens (including phenoxy) is 1. The first kappa shape index (κ1) is 11.8. The van der Waals surface area contributed by atoms with Crippen molar-refractivity contribution in [2.45, 2.75) is 6.36 Å². The summed E-state index contributed by atoms with van der Waals surface area (Å²) in [5.74, 6) is -2.34. The maximum absolute atomic E-state index is 11.8. The zero-order chi connectivity index (χ0) is 12.3. The van der Waals surface area contributed by atoms with E-state index < -0.39 is 29.5 Å². The van der Waals surface area contributed by atoms with Gasteiger partial charge >= 0.3 is 12.3 Å². The number of carboxylic acids is 1. The molecule has 0 fully saturated rings. The molecule has 16 heavy (non-hydrogen) atoms. The average molecular weight is 232 g/mol. The van der Waals surface area contributed by atoms with Crippen molar-refractivity contribution >= 4 is 5.97 Å². The Bertz CT molecular complexity index is 465. The topological polar surface area (TPSA) is 83.2 Å². The van der Waals surface area contributed by atoms with Gasteiger partial charge in [0.05, 0.1) is 5.56 Å². The Morgan fingerprint density at radius 2 is 2.12 bits per heavy atom. The molecule has 1 heterocycles. The van der Waals surface area contributed by atoms with Gasteiger partial charge in [0, 0.05) is 6.07 Å². The molecule has 0 unspecified atom stereocenters. The molecule has 1 aromatic rings. The van der Waals surface area contributed by atoms with E-state index in [1.54, 1.807) is 0 Å². The molecule has 1 aromatic heterocycles. The van der Waals surface area contributed by atoms with Gasteiger partial charge < -0.3 is 9.84 Å². The first-order chi connectivity index (χ1) is 7.33. The number of carboxylic acid groups (broad SMARTS) is 1. The smallest absolute Gasteiger partial charge is 0.478 e. The lowest BCUT2D eigenvalue weighted by Gasteiger charge is -2.08. The van der Waals surface area contributed by atoms with Crippen LogP contribution in [0.1, 0.15) is 16.1 Å². The first-order valence-electron chi connectivity index (χ1n) is 3.73. The Balaban J connectivity index is 3.11. The van der Waals surface area contributed by atoms with Crippen LogP contribution in [0.3, 0.4) is 0 Å². The highest BCUT2D eigenvalue weighted by Crippen LogP contribution is 2.21. The van der Waals surface area contributed by atoms with Crippen LogP contribution in [0.5, 0.6) is 5.88 Å². The predicted molar refractivity (Wildman–Crippen MR) is 42.6 cm³/mol. The van der Waals surface area contributed by atoms with Crippen molar-refractivity contribution in [2.24, 2.45) is 0 Å². The summed E-state index contributed by atoms with van der Waals surface area (Å²) in [4.78, 5) is 13.6. The molecule has 0 aliphatic carbocycles. The van der Waals surface area contributed by atoms with Gasteiger partial charge in [-0.25, -0.2) is 9.78 Å². The third kappa shape index (κ3) is 2.84. The van der Waals surface area contributed by atoms with Gasteiger partial charge in [-0.05, 0) is 6.07 Å². The molecule has 0 bridgehead atoms. The molecular weight excluding hydrogens is 229 g/mol. The van der Waals surface area contributed by atoms with Crippen LogP contribution < -0.4 is 4.74 Å². The summed E-state index contributed by atoms with van der Waals surface area (Å²) < 4.78 is 38.7. The second-order valence-corrected chi connectivity index (χ2v) is 2.51. The minimum absolute atomic E-state index is 0.489. The number of hydrogen-bond acceptors (Lipinski definition) is 4. The molecule has 5 nitrogen and oxygen atoms in total. The fraction of sp³-hybridized carbons (Fsp3) is 0.125. The van der Waals surface area contributed by atoms with Crippen molar-refractivity contribution in [3.8, 4) is 11.9 Å². The lowest BCUT2D eigenvalue weighted by Crippen LogP contribution is -2.18. The minimum Gasteiger partial charge on any atom is -0.478 e. The number of hydrogen-bond donors (Lipinski definition) is 1. The zero-order valence-electron chi connectivity index (χ0n) is 7.45. The third-order valence-corrected chi connectivity index (χ3v) is 1.43. The molecule has 84 valence electrons. The van der Waals surface area contributed by atoms with Crippen molar-refractivity contribution in [1.29, 1.82) is 5.26 Å². The van der Waals surface area contributed by atoms with Gasteiger partial charge in [-0.15, -0.1) is 13.2 Å². The standard InChI is InChI=1S/C8H3F3N2O3/c9-8(10,11)16-6-2-1-4(7(14)15)5(3-12)13-6/h1-2H,(H,14,15). The summed E-state index contributed by atoms with van der Waals surface area (Å²) in [6.07, 6.45) is -4.94. The highest BCUT2D eigenvalue weighted by Gasteiger charge is 2.32. The molecule has 0 saturated carbocycles. The predicted octanol–water partition coefficient (Wildman–Crippen LogP) is 1.55. The van der Waals surface area contributed by atoms with E-state index in [2.05, 4.69) is 9.72 Å². The summed E-state index contributed by atoms with van der Waals surface area (Å²) >= 11 is 0. The van der Waals surface area contributed by atoms with Crippen molar-refractivity contribution in [2.75, 3.05) is 0 Å². The molecule has 0 aromatic carbocycles. The van der Waals surface area contributed by atoms with Crippen LogP contribution in [0.15, 0.2) is 12.1 Å². The summed E-state index contributed by atoms with van der Waals surface area (Å²) in [7, 11) is 0. The Hall–Kier alpha value is -2.30. The Labute approximate surface area is 86.7 Å². The number of nitrogens with zero attached hydrogens (tertiary/aromatic N) is 2. The van der Waals surface area contributed by atoms with E-state index in [0.29, 0.717) is 0 Å². The second-order valence-electron chi connectivity index (χ2n) is 2.51. The molecule has 0 aliphatic heterocycles. The van der Waals surface area contributed by atoms with E-state index in [-0.39, 0.29) is 0 Å². The van der Waals surface area contributed by atoms with E-state index in [9.17, 15) is 18.0 Å². The summed E-state index contributed by atoms with van der Waals surface area (Å²) in [6, 6.07) is 2.90. The van der Waals surface area contributed by atoms with Crippen molar-refractivity contribution in [3.63, 3.8) is 0 Å². The van der Waals surface area contributed by atoms with Crippen LogP contribution in [0, 0.1) is 11.3 Å². The van der Waals surface area contributed by atoms with Gasteiger partial charge in [-0.1, -0.05) is 0 Å². The van der Waals surface area contributed by atoms with Crippen molar-refractivity contribution in [3.05, 3.63) is 23.4 Å². The van der Waals surface area contributed by atoms with E-state index in [1.165, 1.54) is 6.07 Å². The minimum atomic E-state index is -4.94. The van der Waals surface area contributed by atoms with Gasteiger partial charge in [-0.2, -0.15) is 5.26 Å². The van der Waals surface area contributed by atoms with Gasteiger partial charge in [-0.3, -0.25) is 0 Å². The Morgan fingerprint density at radius 3 is 2.56 bits per heavy atom. The molecule has 8 heteroatoms. The maximum atomic E-state index is 11.8. The van der Waals surface area contributed by atoms with E-state index in [4.69, 9.17) is 10.4 Å². The Kier molecular flexibility index (Phi) is 2.99. The molecule has 0 amide bonds. The van der Waals surface area contributed by atoms with E-state index in [0.717, 1.165) is 12.1 Å². The largest absolute Gasteiger partial charge is 0.574 e. The van der Waals surface area contributed by atoms with Gasteiger partial charge in [0.25, 0.3) is 0 Å². The zero-order valence-corrected chi connectivity index (χ0v) is 7.45. The lowest BCUT2D eigenvalue weighted by atomic mass is 10.2. The van der Waals surface area contributed by atoms with Gasteiger partial charge in [0.1, 0.15) is 6.07 Å². The van der Waals surface area contributed by atoms with Crippen LogP contribution in [-0.2, 0) is 0 Å². The summed E-state index contributed by atoms with van der Waals surface area (Å²) in [6.45, 7) is 0. The molecule has 0 spiro atoms. The van der Waals surface area contributed by atoms with Crippen LogP contribution in [0.4, 0.5) is 13.2 Å². The van der Waals surface area contributed by atoms with Crippen LogP contribution >= 0.6 is 0 Å². The highest BCUT2D eigenvalue weighted by atomic mass is 19.4. The third-order valence-electron chi connectivity index (χ3n) is 1.43. The SMILES string of the molecule is N#Cc1nc(OC(F)(F)F)ccc1C(=O)O. The van der Waals surface area contributed by atoms with Crippen LogP contribution in [0.25, 0.3) is 0 Å². The number of aromatic carboxylic acids is 1. The molecular formula is C8H3F3N2O3.